The second-order valence-corrected chi connectivity index (χ2v) is 6.60. The van der Waals surface area contributed by atoms with E-state index in [2.05, 4.69) is 0 Å². The fourth-order valence-electron chi connectivity index (χ4n) is 1.74. The van der Waals surface area contributed by atoms with Crippen LogP contribution < -0.4 is 0 Å². The zero-order chi connectivity index (χ0) is 15.5. The van der Waals surface area contributed by atoms with Crippen molar-refractivity contribution in [2.45, 2.75) is 24.8 Å². The van der Waals surface area contributed by atoms with Crippen molar-refractivity contribution in [1.29, 1.82) is 0 Å². The molecule has 0 bridgehead atoms. The van der Waals surface area contributed by atoms with E-state index in [1.54, 1.807) is 13.8 Å². The van der Waals surface area contributed by atoms with Gasteiger partial charge in [0.15, 0.2) is 0 Å². The number of carboxylic acids is 1. The van der Waals surface area contributed by atoms with Crippen LogP contribution in [0.3, 0.4) is 0 Å². The van der Waals surface area contributed by atoms with E-state index in [0.717, 1.165) is 0 Å². The lowest BCUT2D eigenvalue weighted by Gasteiger charge is -2.23. The van der Waals surface area contributed by atoms with E-state index >= 15 is 0 Å². The summed E-state index contributed by atoms with van der Waals surface area (Å²) in [5.41, 5.74) is 0.503. The summed E-state index contributed by atoms with van der Waals surface area (Å²) >= 11 is 0. The first-order chi connectivity index (χ1) is 9.21. The molecule has 0 fully saturated rings. The minimum Gasteiger partial charge on any atom is -0.478 e. The average molecular weight is 301 g/mol. The predicted molar refractivity (Wildman–Crippen MR) is 74.4 cm³/mol. The molecule has 1 rings (SSSR count). The summed E-state index contributed by atoms with van der Waals surface area (Å²) in [6.07, 6.45) is 0. The highest BCUT2D eigenvalue weighted by molar-refractivity contribution is 7.89. The molecule has 1 N–H and O–H groups in total. The molecule has 1 unspecified atom stereocenters. The van der Waals surface area contributed by atoms with Gasteiger partial charge in [0, 0.05) is 20.2 Å². The zero-order valence-corrected chi connectivity index (χ0v) is 12.8. The molecule has 112 valence electrons. The number of hydrogen-bond acceptors (Lipinski definition) is 4. The molecule has 0 spiro atoms. The van der Waals surface area contributed by atoms with Crippen LogP contribution >= 0.6 is 0 Å². The molecule has 0 saturated carbocycles. The number of ether oxygens (including phenoxy) is 1. The Hall–Kier alpha value is -1.44. The molecule has 1 aromatic carbocycles. The summed E-state index contributed by atoms with van der Waals surface area (Å²) in [5.74, 6) is -1.15. The van der Waals surface area contributed by atoms with Gasteiger partial charge >= 0.3 is 5.97 Å². The lowest BCUT2D eigenvalue weighted by Crippen LogP contribution is -2.37. The van der Waals surface area contributed by atoms with Crippen molar-refractivity contribution in [2.24, 2.45) is 0 Å². The van der Waals surface area contributed by atoms with Crippen molar-refractivity contribution in [3.63, 3.8) is 0 Å². The Morgan fingerprint density at radius 2 is 2.05 bits per heavy atom. The maximum Gasteiger partial charge on any atom is 0.335 e. The third-order valence-corrected chi connectivity index (χ3v) is 5.11. The van der Waals surface area contributed by atoms with Crippen LogP contribution in [0.25, 0.3) is 0 Å². The van der Waals surface area contributed by atoms with E-state index < -0.39 is 16.0 Å². The Labute approximate surface area is 119 Å². The van der Waals surface area contributed by atoms with Crippen LogP contribution in [0.15, 0.2) is 23.1 Å². The average Bonchev–Trinajstić information content (AvgIpc) is 2.37. The first kappa shape index (κ1) is 16.6. The van der Waals surface area contributed by atoms with Crippen LogP contribution in [-0.2, 0) is 14.8 Å². The first-order valence-electron chi connectivity index (χ1n) is 6.02. The number of hydrogen-bond donors (Lipinski definition) is 1. The van der Waals surface area contributed by atoms with Crippen molar-refractivity contribution in [1.82, 2.24) is 4.31 Å². The molecule has 0 aliphatic heterocycles. The molecule has 0 radical (unpaired) electrons. The van der Waals surface area contributed by atoms with Crippen molar-refractivity contribution in [2.75, 3.05) is 20.8 Å². The van der Waals surface area contributed by atoms with E-state index in [1.165, 1.54) is 36.7 Å². The molecule has 0 saturated heterocycles. The summed E-state index contributed by atoms with van der Waals surface area (Å²) in [6, 6.07) is 3.74. The molecule has 1 atom stereocenters. The maximum atomic E-state index is 12.4. The van der Waals surface area contributed by atoms with Gasteiger partial charge in [-0.3, -0.25) is 0 Å². The predicted octanol–water partition coefficient (Wildman–Crippen LogP) is 1.35. The number of carboxylic acid groups (broad SMARTS) is 1. The molecule has 0 heterocycles. The molecule has 6 nitrogen and oxygen atoms in total. The van der Waals surface area contributed by atoms with Gasteiger partial charge < -0.3 is 9.84 Å². The summed E-state index contributed by atoms with van der Waals surface area (Å²) in [4.78, 5) is 11.0. The number of carbonyl (C=O) groups is 1. The molecule has 1 aromatic rings. The van der Waals surface area contributed by atoms with E-state index in [-0.39, 0.29) is 23.1 Å². The smallest absolute Gasteiger partial charge is 0.335 e. The number of aryl methyl sites for hydroxylation is 1. The summed E-state index contributed by atoms with van der Waals surface area (Å²) in [5, 5.41) is 9.06. The zero-order valence-electron chi connectivity index (χ0n) is 12.0. The van der Waals surface area contributed by atoms with Gasteiger partial charge in [0.1, 0.15) is 0 Å². The topological polar surface area (TPSA) is 83.9 Å². The SMILES string of the molecule is COCC(C)N(C)S(=O)(=O)c1ccc(C)c(C(=O)O)c1. The second-order valence-electron chi connectivity index (χ2n) is 4.61. The van der Waals surface area contributed by atoms with E-state index in [0.29, 0.717) is 5.56 Å². The van der Waals surface area contributed by atoms with Crippen LogP contribution in [0, 0.1) is 6.92 Å². The molecular weight excluding hydrogens is 282 g/mol. The van der Waals surface area contributed by atoms with Crippen LogP contribution in [0.4, 0.5) is 0 Å². The van der Waals surface area contributed by atoms with Crippen LogP contribution in [0.5, 0.6) is 0 Å². The third-order valence-electron chi connectivity index (χ3n) is 3.15. The van der Waals surface area contributed by atoms with Crippen LogP contribution in [0.2, 0.25) is 0 Å². The number of nitrogens with zero attached hydrogens (tertiary/aromatic N) is 1. The van der Waals surface area contributed by atoms with Gasteiger partial charge in [0.05, 0.1) is 17.1 Å². The summed E-state index contributed by atoms with van der Waals surface area (Å²) in [7, 11) is -0.808. The molecule has 0 amide bonds. The van der Waals surface area contributed by atoms with Gasteiger partial charge in [0.2, 0.25) is 10.0 Å². The molecule has 0 aromatic heterocycles. The highest BCUT2D eigenvalue weighted by Gasteiger charge is 2.26. The van der Waals surface area contributed by atoms with E-state index in [9.17, 15) is 13.2 Å². The number of benzene rings is 1. The lowest BCUT2D eigenvalue weighted by atomic mass is 10.1. The lowest BCUT2D eigenvalue weighted by molar-refractivity contribution is 0.0696. The van der Waals surface area contributed by atoms with Gasteiger partial charge in [-0.1, -0.05) is 6.07 Å². The van der Waals surface area contributed by atoms with Crippen molar-refractivity contribution in [3.8, 4) is 0 Å². The monoisotopic (exact) mass is 301 g/mol. The van der Waals surface area contributed by atoms with E-state index in [4.69, 9.17) is 9.84 Å². The minimum atomic E-state index is -3.74. The fourth-order valence-corrected chi connectivity index (χ4v) is 3.12. The Morgan fingerprint density at radius 1 is 1.45 bits per heavy atom. The minimum absolute atomic E-state index is 0.0149. The molecule has 7 heteroatoms. The summed E-state index contributed by atoms with van der Waals surface area (Å²) in [6.45, 7) is 3.60. The number of likely N-dealkylation sites (N-methyl/N-ethyl adjacent to an activating group) is 1. The quantitative estimate of drug-likeness (QED) is 0.857. The highest BCUT2D eigenvalue weighted by atomic mass is 32.2. The molecule has 0 aliphatic carbocycles. The fraction of sp³-hybridized carbons (Fsp3) is 0.462. The Bertz CT molecular complexity index is 597. The Kier molecular flexibility index (Phi) is 5.27. The van der Waals surface area contributed by atoms with Gasteiger partial charge in [-0.15, -0.1) is 0 Å². The first-order valence-corrected chi connectivity index (χ1v) is 7.46. The Morgan fingerprint density at radius 3 is 2.55 bits per heavy atom. The van der Waals surface area contributed by atoms with Gasteiger partial charge in [-0.2, -0.15) is 4.31 Å². The maximum absolute atomic E-state index is 12.4. The van der Waals surface area contributed by atoms with Gasteiger partial charge in [-0.25, -0.2) is 13.2 Å². The molecule has 0 aliphatic rings. The van der Waals surface area contributed by atoms with Crippen molar-refractivity contribution >= 4 is 16.0 Å². The van der Waals surface area contributed by atoms with E-state index in [1.807, 2.05) is 0 Å². The highest BCUT2D eigenvalue weighted by Crippen LogP contribution is 2.20. The molecule has 20 heavy (non-hydrogen) atoms. The van der Waals surface area contributed by atoms with Crippen molar-refractivity contribution in [3.05, 3.63) is 29.3 Å². The Balaban J connectivity index is 3.22. The van der Waals surface area contributed by atoms with Crippen LogP contribution in [-0.4, -0.2) is 50.6 Å². The van der Waals surface area contributed by atoms with Gasteiger partial charge in [0.25, 0.3) is 0 Å². The standard InChI is InChI=1S/C13H19NO5S/c1-9-5-6-11(7-12(9)13(15)16)20(17,18)14(3)10(2)8-19-4/h5-7,10H,8H2,1-4H3,(H,15,16). The van der Waals surface area contributed by atoms with Gasteiger partial charge in [-0.05, 0) is 31.5 Å². The summed E-state index contributed by atoms with van der Waals surface area (Å²) < 4.78 is 30.9. The number of rotatable bonds is 6. The number of methoxy groups -OCH3 is 1. The number of sulfonamides is 1. The normalized spacial score (nSPS) is 13.4. The third kappa shape index (κ3) is 3.36. The van der Waals surface area contributed by atoms with Crippen LogP contribution in [0.1, 0.15) is 22.8 Å². The largest absolute Gasteiger partial charge is 0.478 e. The molecular formula is C13H19NO5S. The van der Waals surface area contributed by atoms with Crippen molar-refractivity contribution < 1.29 is 23.1 Å². The number of aromatic carboxylic acids is 1. The second kappa shape index (κ2) is 6.34.